The van der Waals surface area contributed by atoms with Crippen molar-refractivity contribution < 1.29 is 18.3 Å². The fourth-order valence-electron chi connectivity index (χ4n) is 1.09. The molecule has 0 aliphatic carbocycles. The van der Waals surface area contributed by atoms with Gasteiger partial charge in [-0.2, -0.15) is 13.2 Å². The van der Waals surface area contributed by atoms with Gasteiger partial charge in [-0.3, -0.25) is 0 Å². The Labute approximate surface area is 70.6 Å². The monoisotopic (exact) mass is 183 g/mol. The molecule has 1 atom stereocenters. The van der Waals surface area contributed by atoms with Crippen LogP contribution < -0.4 is 0 Å². The lowest BCUT2D eigenvalue weighted by Crippen LogP contribution is -2.22. The van der Waals surface area contributed by atoms with Crippen LogP contribution in [0.2, 0.25) is 0 Å². The van der Waals surface area contributed by atoms with Crippen molar-refractivity contribution in [3.63, 3.8) is 0 Å². The van der Waals surface area contributed by atoms with E-state index in [1.54, 1.807) is 0 Å². The van der Waals surface area contributed by atoms with E-state index in [2.05, 4.69) is 0 Å². The third-order valence-electron chi connectivity index (χ3n) is 1.90. The topological polar surface area (TPSA) is 19.9 Å². The first-order chi connectivity index (χ1) is 5.52. The van der Waals surface area contributed by atoms with Gasteiger partial charge in [-0.05, 0) is 19.3 Å². The Bertz CT molecular complexity index is 111. The van der Waals surface area contributed by atoms with Crippen LogP contribution in [0.5, 0.6) is 0 Å². The molecule has 12 heavy (non-hydrogen) atoms. The van der Waals surface area contributed by atoms with Gasteiger partial charge in [0.2, 0.25) is 0 Å². The van der Waals surface area contributed by atoms with Crippen LogP contribution in [-0.4, -0.2) is 12.8 Å². The van der Waals surface area contributed by atoms with Gasteiger partial charge < -0.3 is 0 Å². The van der Waals surface area contributed by atoms with Crippen LogP contribution >= 0.6 is 0 Å². The van der Waals surface area contributed by atoms with Crippen LogP contribution in [0.25, 0.3) is 0 Å². The van der Waals surface area contributed by atoms with Crippen molar-refractivity contribution in [2.75, 3.05) is 6.61 Å². The molecule has 1 radical (unpaired) electrons. The normalized spacial score (nSPS) is 14.8. The minimum atomic E-state index is -4.09. The van der Waals surface area contributed by atoms with Crippen molar-refractivity contribution in [2.45, 2.75) is 38.8 Å². The van der Waals surface area contributed by atoms with E-state index in [1.165, 1.54) is 6.92 Å². The Morgan fingerprint density at radius 2 is 1.83 bits per heavy atom. The van der Waals surface area contributed by atoms with Gasteiger partial charge in [0.15, 0.2) is 0 Å². The average molecular weight is 183 g/mol. The zero-order valence-corrected chi connectivity index (χ0v) is 7.16. The van der Waals surface area contributed by atoms with Crippen molar-refractivity contribution >= 4 is 0 Å². The maximum Gasteiger partial charge on any atom is 0.391 e. The smallest absolute Gasteiger partial charge is 0.237 e. The molecular formula is C8H14F3O. The second kappa shape index (κ2) is 5.41. The fraction of sp³-hybridized carbons (Fsp3) is 1.00. The number of hydrogen-bond donors (Lipinski definition) is 0. The van der Waals surface area contributed by atoms with E-state index >= 15 is 0 Å². The molecule has 0 fully saturated rings. The minimum absolute atomic E-state index is 0.0994. The van der Waals surface area contributed by atoms with Gasteiger partial charge in [-0.25, -0.2) is 5.11 Å². The molecule has 73 valence electrons. The fourth-order valence-corrected chi connectivity index (χ4v) is 1.09. The van der Waals surface area contributed by atoms with Crippen LogP contribution in [0.15, 0.2) is 0 Å². The van der Waals surface area contributed by atoms with Gasteiger partial charge in [-0.1, -0.05) is 13.3 Å². The molecule has 0 aromatic carbocycles. The number of rotatable bonds is 5. The third-order valence-corrected chi connectivity index (χ3v) is 1.90. The van der Waals surface area contributed by atoms with E-state index in [-0.39, 0.29) is 19.4 Å². The SMILES string of the molecule is CCC(CCCC[O])C(F)(F)F. The Balaban J connectivity index is 3.68. The molecule has 0 amide bonds. The highest BCUT2D eigenvalue weighted by Gasteiger charge is 2.37. The number of hydrogen-bond acceptors (Lipinski definition) is 0. The summed E-state index contributed by atoms with van der Waals surface area (Å²) in [6.07, 6.45) is -3.13. The standard InChI is InChI=1S/C8H14F3O/c1-2-7(8(9,10)11)5-3-4-6-12/h7H,2-6H2,1H3. The molecule has 0 rings (SSSR count). The molecule has 1 nitrogen and oxygen atoms in total. The molecule has 0 aliphatic heterocycles. The molecule has 0 saturated heterocycles. The Morgan fingerprint density at radius 3 is 2.17 bits per heavy atom. The van der Waals surface area contributed by atoms with Crippen LogP contribution in [0.4, 0.5) is 13.2 Å². The van der Waals surface area contributed by atoms with E-state index in [0.29, 0.717) is 12.8 Å². The van der Waals surface area contributed by atoms with Crippen LogP contribution in [-0.2, 0) is 5.11 Å². The van der Waals surface area contributed by atoms with Crippen molar-refractivity contribution in [1.29, 1.82) is 0 Å². The largest absolute Gasteiger partial charge is 0.391 e. The molecule has 0 aliphatic rings. The van der Waals surface area contributed by atoms with E-state index in [9.17, 15) is 18.3 Å². The van der Waals surface area contributed by atoms with E-state index in [4.69, 9.17) is 0 Å². The Morgan fingerprint density at radius 1 is 1.25 bits per heavy atom. The lowest BCUT2D eigenvalue weighted by Gasteiger charge is -2.17. The zero-order valence-electron chi connectivity index (χ0n) is 7.16. The summed E-state index contributed by atoms with van der Waals surface area (Å²) in [4.78, 5) is 0. The summed E-state index contributed by atoms with van der Waals surface area (Å²) in [5, 5.41) is 9.97. The van der Waals surface area contributed by atoms with Crippen molar-refractivity contribution in [2.24, 2.45) is 5.92 Å². The summed E-state index contributed by atoms with van der Waals surface area (Å²) < 4.78 is 36.2. The molecule has 0 saturated carbocycles. The second-order valence-electron chi connectivity index (χ2n) is 2.85. The number of unbranched alkanes of at least 4 members (excludes halogenated alkanes) is 1. The minimum Gasteiger partial charge on any atom is -0.237 e. The lowest BCUT2D eigenvalue weighted by atomic mass is 9.99. The van der Waals surface area contributed by atoms with Gasteiger partial charge in [0, 0.05) is 0 Å². The van der Waals surface area contributed by atoms with Gasteiger partial charge in [-0.15, -0.1) is 0 Å². The molecule has 0 N–H and O–H groups in total. The molecule has 0 heterocycles. The van der Waals surface area contributed by atoms with E-state index < -0.39 is 12.1 Å². The maximum absolute atomic E-state index is 12.1. The summed E-state index contributed by atoms with van der Waals surface area (Å²) in [7, 11) is 0. The molecule has 4 heteroatoms. The summed E-state index contributed by atoms with van der Waals surface area (Å²) in [6.45, 7) is 1.25. The summed E-state index contributed by atoms with van der Waals surface area (Å²) in [6, 6.07) is 0. The van der Waals surface area contributed by atoms with E-state index in [1.807, 2.05) is 0 Å². The lowest BCUT2D eigenvalue weighted by molar-refractivity contribution is -0.177. The maximum atomic E-state index is 12.1. The summed E-state index contributed by atoms with van der Waals surface area (Å²) in [5.74, 6) is -1.22. The van der Waals surface area contributed by atoms with Crippen molar-refractivity contribution in [3.05, 3.63) is 0 Å². The zero-order chi connectivity index (χ0) is 9.61. The molecule has 0 bridgehead atoms. The first kappa shape index (κ1) is 11.8. The summed E-state index contributed by atoms with van der Waals surface area (Å²) in [5.41, 5.74) is 0. The predicted octanol–water partition coefficient (Wildman–Crippen LogP) is 3.18. The highest BCUT2D eigenvalue weighted by atomic mass is 19.4. The highest BCUT2D eigenvalue weighted by Crippen LogP contribution is 2.32. The Kier molecular flexibility index (Phi) is 5.29. The number of alkyl halides is 3. The first-order valence-corrected chi connectivity index (χ1v) is 4.17. The third kappa shape index (κ3) is 4.59. The highest BCUT2D eigenvalue weighted by molar-refractivity contribution is 4.65. The molecule has 1 unspecified atom stereocenters. The van der Waals surface area contributed by atoms with Gasteiger partial charge in [0.05, 0.1) is 12.5 Å². The van der Waals surface area contributed by atoms with Gasteiger partial charge in [0.25, 0.3) is 0 Å². The van der Waals surface area contributed by atoms with Gasteiger partial charge in [0.1, 0.15) is 0 Å². The first-order valence-electron chi connectivity index (χ1n) is 4.17. The molecule has 0 spiro atoms. The quantitative estimate of drug-likeness (QED) is 0.583. The van der Waals surface area contributed by atoms with Crippen molar-refractivity contribution in [1.82, 2.24) is 0 Å². The second-order valence-corrected chi connectivity index (χ2v) is 2.85. The van der Waals surface area contributed by atoms with E-state index in [0.717, 1.165) is 0 Å². The number of halogens is 3. The molecule has 0 aromatic rings. The van der Waals surface area contributed by atoms with Crippen LogP contribution in [0.1, 0.15) is 32.6 Å². The average Bonchev–Trinajstić information content (AvgIpc) is 1.95. The van der Waals surface area contributed by atoms with Crippen LogP contribution in [0, 0.1) is 5.92 Å². The Hall–Kier alpha value is -0.250. The predicted molar refractivity (Wildman–Crippen MR) is 39.2 cm³/mol. The molecule has 0 aromatic heterocycles. The van der Waals surface area contributed by atoms with Crippen molar-refractivity contribution in [3.8, 4) is 0 Å². The van der Waals surface area contributed by atoms with Crippen LogP contribution in [0.3, 0.4) is 0 Å². The van der Waals surface area contributed by atoms with Gasteiger partial charge >= 0.3 is 6.18 Å². The summed E-state index contributed by atoms with van der Waals surface area (Å²) >= 11 is 0. The molecular weight excluding hydrogens is 169 g/mol.